The average molecular weight is 213 g/mol. The van der Waals surface area contributed by atoms with Crippen LogP contribution in [0.4, 0.5) is 0 Å². The van der Waals surface area contributed by atoms with Gasteiger partial charge in [0.2, 0.25) is 0 Å². The highest BCUT2D eigenvalue weighted by Gasteiger charge is 2.23. The van der Waals surface area contributed by atoms with Crippen LogP contribution in [0.15, 0.2) is 0 Å². The van der Waals surface area contributed by atoms with Crippen LogP contribution in [0.2, 0.25) is 0 Å². The number of hydrogen-bond donors (Lipinski definition) is 1. The predicted octanol–water partition coefficient (Wildman–Crippen LogP) is 0.503. The summed E-state index contributed by atoms with van der Waals surface area (Å²) in [5.74, 6) is 0.220. The molecule has 2 rings (SSSR count). The smallest absolute Gasteiger partial charge is 0.162 e. The maximum atomic E-state index is 11.7. The van der Waals surface area contributed by atoms with E-state index in [1.54, 1.807) is 0 Å². The molecule has 0 amide bonds. The van der Waals surface area contributed by atoms with Gasteiger partial charge in [-0.3, -0.25) is 4.79 Å². The molecule has 2 saturated heterocycles. The first kappa shape index (κ1) is 11.0. The second kappa shape index (κ2) is 5.58. The third kappa shape index (κ3) is 3.26. The minimum absolute atomic E-state index is 0.220. The van der Waals surface area contributed by atoms with Gasteiger partial charge in [0.05, 0.1) is 12.7 Å². The number of ketones is 1. The van der Waals surface area contributed by atoms with E-state index in [1.807, 2.05) is 0 Å². The minimum atomic E-state index is -0.222. The summed E-state index contributed by atoms with van der Waals surface area (Å²) in [4.78, 5) is 11.7. The van der Waals surface area contributed by atoms with Crippen molar-refractivity contribution in [2.24, 2.45) is 0 Å². The number of rotatable bonds is 4. The van der Waals surface area contributed by atoms with Crippen molar-refractivity contribution < 1.29 is 14.3 Å². The van der Waals surface area contributed by atoms with Gasteiger partial charge in [0.1, 0.15) is 6.10 Å². The third-order valence-corrected chi connectivity index (χ3v) is 3.02. The molecule has 2 fully saturated rings. The van der Waals surface area contributed by atoms with Crippen LogP contribution in [0.5, 0.6) is 0 Å². The summed E-state index contributed by atoms with van der Waals surface area (Å²) in [6.07, 6.45) is 3.79. The number of nitrogens with one attached hydrogen (secondary N) is 1. The molecule has 0 bridgehead atoms. The fraction of sp³-hybridized carbons (Fsp3) is 0.909. The van der Waals surface area contributed by atoms with Crippen LogP contribution in [-0.2, 0) is 14.3 Å². The lowest BCUT2D eigenvalue weighted by Gasteiger charge is -2.22. The van der Waals surface area contributed by atoms with E-state index in [0.29, 0.717) is 25.7 Å². The SMILES string of the molecule is O=C(CCC1CCCO1)C1CNCCO1. The van der Waals surface area contributed by atoms with Crippen molar-refractivity contribution >= 4 is 5.78 Å². The molecule has 4 heteroatoms. The van der Waals surface area contributed by atoms with E-state index in [2.05, 4.69) is 5.32 Å². The quantitative estimate of drug-likeness (QED) is 0.739. The molecule has 2 aliphatic rings. The van der Waals surface area contributed by atoms with Gasteiger partial charge in [-0.1, -0.05) is 0 Å². The fourth-order valence-electron chi connectivity index (χ4n) is 2.11. The van der Waals surface area contributed by atoms with Crippen LogP contribution in [0.25, 0.3) is 0 Å². The zero-order chi connectivity index (χ0) is 10.5. The van der Waals surface area contributed by atoms with Gasteiger partial charge in [-0.25, -0.2) is 0 Å². The highest BCUT2D eigenvalue weighted by atomic mass is 16.5. The average Bonchev–Trinajstić information content (AvgIpc) is 2.80. The number of carbonyl (C=O) groups excluding carboxylic acids is 1. The van der Waals surface area contributed by atoms with Crippen LogP contribution in [0.1, 0.15) is 25.7 Å². The monoisotopic (exact) mass is 213 g/mol. The normalized spacial score (nSPS) is 31.7. The van der Waals surface area contributed by atoms with Gasteiger partial charge in [0.25, 0.3) is 0 Å². The van der Waals surface area contributed by atoms with Crippen LogP contribution in [-0.4, -0.2) is 44.3 Å². The topological polar surface area (TPSA) is 47.6 Å². The zero-order valence-corrected chi connectivity index (χ0v) is 9.04. The van der Waals surface area contributed by atoms with Crippen molar-refractivity contribution in [3.63, 3.8) is 0 Å². The lowest BCUT2D eigenvalue weighted by Crippen LogP contribution is -2.43. The molecule has 86 valence electrons. The van der Waals surface area contributed by atoms with Gasteiger partial charge in [-0.15, -0.1) is 0 Å². The Morgan fingerprint density at radius 3 is 2.93 bits per heavy atom. The Labute approximate surface area is 90.3 Å². The van der Waals surface area contributed by atoms with Gasteiger partial charge in [0, 0.05) is 26.1 Å². The van der Waals surface area contributed by atoms with Gasteiger partial charge in [-0.05, 0) is 19.3 Å². The molecular weight excluding hydrogens is 194 g/mol. The summed E-state index contributed by atoms with van der Waals surface area (Å²) in [6.45, 7) is 3.04. The maximum absolute atomic E-state index is 11.7. The van der Waals surface area contributed by atoms with E-state index in [0.717, 1.165) is 32.4 Å². The summed E-state index contributed by atoms with van der Waals surface area (Å²) in [5.41, 5.74) is 0. The number of ether oxygens (including phenoxy) is 2. The molecule has 4 nitrogen and oxygen atoms in total. The molecule has 2 heterocycles. The van der Waals surface area contributed by atoms with Crippen LogP contribution >= 0.6 is 0 Å². The summed E-state index contributed by atoms with van der Waals surface area (Å²) in [5, 5.41) is 3.17. The largest absolute Gasteiger partial charge is 0.378 e. The molecule has 0 aromatic rings. The summed E-state index contributed by atoms with van der Waals surface area (Å²) in [6, 6.07) is 0. The molecule has 2 unspecified atom stereocenters. The Kier molecular flexibility index (Phi) is 4.11. The Morgan fingerprint density at radius 1 is 1.33 bits per heavy atom. The van der Waals surface area contributed by atoms with Crippen molar-refractivity contribution in [2.45, 2.75) is 37.9 Å². The molecular formula is C11H19NO3. The molecule has 0 spiro atoms. The molecule has 0 saturated carbocycles. The van der Waals surface area contributed by atoms with E-state index in [9.17, 15) is 4.79 Å². The third-order valence-electron chi connectivity index (χ3n) is 3.02. The first-order valence-electron chi connectivity index (χ1n) is 5.83. The predicted molar refractivity (Wildman–Crippen MR) is 55.8 cm³/mol. The van der Waals surface area contributed by atoms with E-state index in [1.165, 1.54) is 0 Å². The second-order valence-corrected chi connectivity index (χ2v) is 4.20. The van der Waals surface area contributed by atoms with Crippen LogP contribution in [0, 0.1) is 0 Å². The van der Waals surface area contributed by atoms with E-state index >= 15 is 0 Å². The lowest BCUT2D eigenvalue weighted by molar-refractivity contribution is -0.132. The molecule has 0 aromatic carbocycles. The van der Waals surface area contributed by atoms with Crippen molar-refractivity contribution in [1.82, 2.24) is 5.32 Å². The minimum Gasteiger partial charge on any atom is -0.378 e. The maximum Gasteiger partial charge on any atom is 0.162 e. The summed E-state index contributed by atoms with van der Waals surface area (Å²) >= 11 is 0. The number of morpholine rings is 1. The molecule has 0 aliphatic carbocycles. The summed E-state index contributed by atoms with van der Waals surface area (Å²) < 4.78 is 10.9. The van der Waals surface area contributed by atoms with Crippen LogP contribution < -0.4 is 5.32 Å². The lowest BCUT2D eigenvalue weighted by atomic mass is 10.0. The second-order valence-electron chi connectivity index (χ2n) is 4.20. The van der Waals surface area contributed by atoms with Crippen molar-refractivity contribution in [2.75, 3.05) is 26.3 Å². The summed E-state index contributed by atoms with van der Waals surface area (Å²) in [7, 11) is 0. The van der Waals surface area contributed by atoms with E-state index < -0.39 is 0 Å². The zero-order valence-electron chi connectivity index (χ0n) is 9.04. The first-order valence-corrected chi connectivity index (χ1v) is 5.83. The highest BCUT2D eigenvalue weighted by Crippen LogP contribution is 2.17. The standard InChI is InChI=1S/C11H19NO3/c13-10(11-8-12-5-7-15-11)4-3-9-2-1-6-14-9/h9,11-12H,1-8H2. The first-order chi connectivity index (χ1) is 7.36. The number of carbonyl (C=O) groups is 1. The number of hydrogen-bond acceptors (Lipinski definition) is 4. The van der Waals surface area contributed by atoms with Gasteiger partial charge in [0.15, 0.2) is 5.78 Å². The molecule has 2 aliphatic heterocycles. The molecule has 2 atom stereocenters. The molecule has 1 N–H and O–H groups in total. The van der Waals surface area contributed by atoms with E-state index in [-0.39, 0.29) is 11.9 Å². The van der Waals surface area contributed by atoms with Gasteiger partial charge < -0.3 is 14.8 Å². The van der Waals surface area contributed by atoms with Gasteiger partial charge >= 0.3 is 0 Å². The molecule has 0 radical (unpaired) electrons. The van der Waals surface area contributed by atoms with Crippen molar-refractivity contribution in [3.8, 4) is 0 Å². The van der Waals surface area contributed by atoms with E-state index in [4.69, 9.17) is 9.47 Å². The fourth-order valence-corrected chi connectivity index (χ4v) is 2.11. The van der Waals surface area contributed by atoms with Crippen molar-refractivity contribution in [1.29, 1.82) is 0 Å². The molecule has 0 aromatic heterocycles. The highest BCUT2D eigenvalue weighted by molar-refractivity contribution is 5.83. The van der Waals surface area contributed by atoms with Crippen LogP contribution in [0.3, 0.4) is 0 Å². The Bertz CT molecular complexity index is 208. The molecule has 15 heavy (non-hydrogen) atoms. The Balaban J connectivity index is 1.66. The van der Waals surface area contributed by atoms with Crippen molar-refractivity contribution in [3.05, 3.63) is 0 Å². The Morgan fingerprint density at radius 2 is 2.27 bits per heavy atom. The Hall–Kier alpha value is -0.450. The number of Topliss-reactive ketones (excluding diaryl/α,β-unsaturated/α-hetero) is 1. The van der Waals surface area contributed by atoms with Gasteiger partial charge in [-0.2, -0.15) is 0 Å².